The van der Waals surface area contributed by atoms with Crippen molar-refractivity contribution in [3.8, 4) is 0 Å². The highest BCUT2D eigenvalue weighted by atomic mass is 32.2. The van der Waals surface area contributed by atoms with Gasteiger partial charge >= 0.3 is 0 Å². The Labute approximate surface area is 124 Å². The van der Waals surface area contributed by atoms with Gasteiger partial charge in [0.05, 0.1) is 6.54 Å². The minimum Gasteiger partial charge on any atom is -0.319 e. The van der Waals surface area contributed by atoms with Crippen LogP contribution >= 0.6 is 11.3 Å². The molecule has 114 valence electrons. The second kappa shape index (κ2) is 6.95. The van der Waals surface area contributed by atoms with E-state index in [4.69, 9.17) is 0 Å². The van der Waals surface area contributed by atoms with Gasteiger partial charge in [-0.1, -0.05) is 0 Å². The zero-order valence-electron chi connectivity index (χ0n) is 11.9. The molecule has 1 aromatic rings. The van der Waals surface area contributed by atoms with Crippen LogP contribution in [0.4, 0.5) is 0 Å². The van der Waals surface area contributed by atoms with Gasteiger partial charge in [0.15, 0.2) is 0 Å². The molecular weight excluding hydrogens is 296 g/mol. The molecule has 2 N–H and O–H groups in total. The van der Waals surface area contributed by atoms with E-state index in [9.17, 15) is 8.42 Å². The molecule has 8 heteroatoms. The Morgan fingerprint density at radius 1 is 1.55 bits per heavy atom. The van der Waals surface area contributed by atoms with Gasteiger partial charge in [-0.05, 0) is 39.3 Å². The molecule has 1 unspecified atom stereocenters. The number of thiazole rings is 1. The zero-order chi connectivity index (χ0) is 14.6. The Morgan fingerprint density at radius 3 is 3.00 bits per heavy atom. The van der Waals surface area contributed by atoms with Gasteiger partial charge in [0.2, 0.25) is 0 Å². The van der Waals surface area contributed by atoms with Crippen molar-refractivity contribution in [3.63, 3.8) is 0 Å². The van der Waals surface area contributed by atoms with Gasteiger partial charge in [0.1, 0.15) is 5.01 Å². The Hall–Kier alpha value is -0.540. The SMILES string of the molecule is CNCC1CCCN(S(=O)(=O)NCc2nc(C)cs2)C1. The molecule has 0 spiro atoms. The lowest BCUT2D eigenvalue weighted by Gasteiger charge is -2.31. The third-order valence-electron chi connectivity index (χ3n) is 3.39. The predicted octanol–water partition coefficient (Wildman–Crippen LogP) is 0.717. The standard InChI is InChI=1S/C12H22N4O2S2/c1-10-9-19-12(15-10)7-14-20(17,18)16-5-3-4-11(8-16)6-13-2/h9,11,13-14H,3-8H2,1-2H3. The summed E-state index contributed by atoms with van der Waals surface area (Å²) in [6.07, 6.45) is 2.00. The topological polar surface area (TPSA) is 74.3 Å². The van der Waals surface area contributed by atoms with E-state index in [0.717, 1.165) is 30.1 Å². The normalized spacial score (nSPS) is 21.2. The molecule has 1 fully saturated rings. The van der Waals surface area contributed by atoms with Crippen LogP contribution in [-0.4, -0.2) is 44.4 Å². The van der Waals surface area contributed by atoms with Gasteiger partial charge in [0.25, 0.3) is 10.2 Å². The van der Waals surface area contributed by atoms with E-state index in [1.165, 1.54) is 11.3 Å². The Morgan fingerprint density at radius 2 is 2.35 bits per heavy atom. The van der Waals surface area contributed by atoms with Gasteiger partial charge in [-0.15, -0.1) is 11.3 Å². The first-order valence-corrected chi connectivity index (χ1v) is 9.13. The lowest BCUT2D eigenvalue weighted by atomic mass is 10.00. The number of hydrogen-bond donors (Lipinski definition) is 2. The number of nitrogens with one attached hydrogen (secondary N) is 2. The Bertz CT molecular complexity index is 527. The minimum atomic E-state index is -3.40. The first-order chi connectivity index (χ1) is 9.51. The summed E-state index contributed by atoms with van der Waals surface area (Å²) in [5, 5.41) is 5.84. The average Bonchev–Trinajstić information content (AvgIpc) is 2.83. The van der Waals surface area contributed by atoms with Crippen molar-refractivity contribution in [2.45, 2.75) is 26.3 Å². The van der Waals surface area contributed by atoms with E-state index in [1.807, 2.05) is 19.4 Å². The molecule has 1 atom stereocenters. The molecule has 6 nitrogen and oxygen atoms in total. The summed E-state index contributed by atoms with van der Waals surface area (Å²) in [5.41, 5.74) is 0.927. The Kier molecular flexibility index (Phi) is 5.50. The second-order valence-electron chi connectivity index (χ2n) is 5.13. The fraction of sp³-hybridized carbons (Fsp3) is 0.750. The van der Waals surface area contributed by atoms with E-state index < -0.39 is 10.2 Å². The fourth-order valence-electron chi connectivity index (χ4n) is 2.43. The van der Waals surface area contributed by atoms with Crippen LogP contribution < -0.4 is 10.0 Å². The molecule has 1 aliphatic rings. The van der Waals surface area contributed by atoms with Crippen LogP contribution in [0.5, 0.6) is 0 Å². The third-order valence-corrected chi connectivity index (χ3v) is 5.87. The summed E-state index contributed by atoms with van der Waals surface area (Å²) < 4.78 is 28.8. The summed E-state index contributed by atoms with van der Waals surface area (Å²) in [4.78, 5) is 4.27. The minimum absolute atomic E-state index is 0.272. The van der Waals surface area contributed by atoms with Crippen molar-refractivity contribution in [2.75, 3.05) is 26.7 Å². The van der Waals surface area contributed by atoms with Gasteiger partial charge in [-0.25, -0.2) is 4.98 Å². The average molecular weight is 318 g/mol. The molecule has 0 radical (unpaired) electrons. The first kappa shape index (κ1) is 15.8. The number of rotatable bonds is 6. The maximum Gasteiger partial charge on any atom is 0.279 e. The summed E-state index contributed by atoms with van der Waals surface area (Å²) in [6, 6.07) is 0. The summed E-state index contributed by atoms with van der Waals surface area (Å²) >= 11 is 1.48. The highest BCUT2D eigenvalue weighted by molar-refractivity contribution is 7.87. The van der Waals surface area contributed by atoms with Crippen LogP contribution in [0.1, 0.15) is 23.5 Å². The lowest BCUT2D eigenvalue weighted by Crippen LogP contribution is -2.47. The molecule has 0 aromatic carbocycles. The molecule has 1 aromatic heterocycles. The maximum absolute atomic E-state index is 12.3. The van der Waals surface area contributed by atoms with Crippen LogP contribution in [0.3, 0.4) is 0 Å². The molecule has 2 heterocycles. The van der Waals surface area contributed by atoms with E-state index >= 15 is 0 Å². The van der Waals surface area contributed by atoms with Crippen molar-refractivity contribution in [2.24, 2.45) is 5.92 Å². The van der Waals surface area contributed by atoms with Crippen LogP contribution in [0, 0.1) is 12.8 Å². The molecule has 1 aliphatic heterocycles. The highest BCUT2D eigenvalue weighted by Crippen LogP contribution is 2.18. The van der Waals surface area contributed by atoms with Crippen LogP contribution in [-0.2, 0) is 16.8 Å². The van der Waals surface area contributed by atoms with E-state index in [2.05, 4.69) is 15.0 Å². The van der Waals surface area contributed by atoms with Gasteiger partial charge < -0.3 is 5.32 Å². The van der Waals surface area contributed by atoms with Gasteiger partial charge in [-0.2, -0.15) is 17.4 Å². The molecule has 0 saturated carbocycles. The van der Waals surface area contributed by atoms with Crippen LogP contribution in [0.25, 0.3) is 0 Å². The van der Waals surface area contributed by atoms with Crippen molar-refractivity contribution in [1.82, 2.24) is 19.3 Å². The molecule has 2 rings (SSSR count). The summed E-state index contributed by atoms with van der Waals surface area (Å²) in [5.74, 6) is 0.396. The van der Waals surface area contributed by atoms with E-state index in [-0.39, 0.29) is 6.54 Å². The van der Waals surface area contributed by atoms with E-state index in [0.29, 0.717) is 19.0 Å². The smallest absolute Gasteiger partial charge is 0.279 e. The quantitative estimate of drug-likeness (QED) is 0.810. The van der Waals surface area contributed by atoms with Crippen molar-refractivity contribution >= 4 is 21.5 Å². The summed E-state index contributed by atoms with van der Waals surface area (Å²) in [6.45, 7) is 4.23. The third kappa shape index (κ3) is 4.23. The maximum atomic E-state index is 12.3. The number of aryl methyl sites for hydroxylation is 1. The van der Waals surface area contributed by atoms with Crippen LogP contribution in [0.15, 0.2) is 5.38 Å². The highest BCUT2D eigenvalue weighted by Gasteiger charge is 2.28. The predicted molar refractivity (Wildman–Crippen MR) is 80.8 cm³/mol. The van der Waals surface area contributed by atoms with Crippen molar-refractivity contribution < 1.29 is 8.42 Å². The largest absolute Gasteiger partial charge is 0.319 e. The monoisotopic (exact) mass is 318 g/mol. The Balaban J connectivity index is 1.92. The first-order valence-electron chi connectivity index (χ1n) is 6.81. The van der Waals surface area contributed by atoms with Crippen LogP contribution in [0.2, 0.25) is 0 Å². The fourth-order valence-corrected chi connectivity index (χ4v) is 4.51. The summed E-state index contributed by atoms with van der Waals surface area (Å²) in [7, 11) is -1.50. The number of nitrogens with zero attached hydrogens (tertiary/aromatic N) is 2. The lowest BCUT2D eigenvalue weighted by molar-refractivity contribution is 0.261. The van der Waals surface area contributed by atoms with Gasteiger partial charge in [-0.3, -0.25) is 0 Å². The van der Waals surface area contributed by atoms with Crippen molar-refractivity contribution in [3.05, 3.63) is 16.1 Å². The van der Waals surface area contributed by atoms with Crippen molar-refractivity contribution in [1.29, 1.82) is 0 Å². The second-order valence-corrected chi connectivity index (χ2v) is 7.83. The van der Waals surface area contributed by atoms with Gasteiger partial charge in [0, 0.05) is 24.2 Å². The number of hydrogen-bond acceptors (Lipinski definition) is 5. The zero-order valence-corrected chi connectivity index (χ0v) is 13.6. The van der Waals surface area contributed by atoms with E-state index in [1.54, 1.807) is 4.31 Å². The molecule has 1 saturated heterocycles. The molecule has 0 aliphatic carbocycles. The molecule has 0 amide bonds. The molecule has 0 bridgehead atoms. The molecular formula is C12H22N4O2S2. The molecule has 20 heavy (non-hydrogen) atoms. The number of aromatic nitrogens is 1. The number of piperidine rings is 1.